The van der Waals surface area contributed by atoms with Gasteiger partial charge in [-0.15, -0.1) is 0 Å². The fraction of sp³-hybridized carbons (Fsp3) is 0.474. The number of aromatic nitrogens is 2. The molecule has 4 rings (SSSR count). The van der Waals surface area contributed by atoms with E-state index in [0.717, 1.165) is 55.7 Å². The van der Waals surface area contributed by atoms with E-state index >= 15 is 0 Å². The molecule has 2 aliphatic rings. The van der Waals surface area contributed by atoms with Crippen molar-refractivity contribution in [1.82, 2.24) is 15.1 Å². The molecule has 1 aromatic heterocycles. The highest BCUT2D eigenvalue weighted by atomic mass is 16.5. The Labute approximate surface area is 142 Å². The van der Waals surface area contributed by atoms with Crippen molar-refractivity contribution in [2.75, 3.05) is 13.7 Å². The van der Waals surface area contributed by atoms with Crippen molar-refractivity contribution in [2.45, 2.75) is 43.6 Å². The van der Waals surface area contributed by atoms with E-state index in [1.54, 1.807) is 13.3 Å². The smallest absolute Gasteiger partial charge is 0.233 e. The quantitative estimate of drug-likeness (QED) is 0.939. The van der Waals surface area contributed by atoms with Crippen LogP contribution in [0.5, 0.6) is 5.75 Å². The lowest BCUT2D eigenvalue weighted by Gasteiger charge is -2.37. The number of hydrogen-bond acceptors (Lipinski definition) is 3. The summed E-state index contributed by atoms with van der Waals surface area (Å²) >= 11 is 0. The average Bonchev–Trinajstić information content (AvgIpc) is 3.27. The van der Waals surface area contributed by atoms with Gasteiger partial charge >= 0.3 is 0 Å². The van der Waals surface area contributed by atoms with Crippen LogP contribution in [0.15, 0.2) is 36.5 Å². The average molecular weight is 325 g/mol. The molecule has 1 aliphatic heterocycles. The number of benzene rings is 1. The summed E-state index contributed by atoms with van der Waals surface area (Å²) in [5, 5.41) is 7.13. The number of methoxy groups -OCH3 is 1. The van der Waals surface area contributed by atoms with E-state index in [2.05, 4.69) is 15.1 Å². The summed E-state index contributed by atoms with van der Waals surface area (Å²) in [6, 6.07) is 10.1. The van der Waals surface area contributed by atoms with Gasteiger partial charge in [-0.2, -0.15) is 5.10 Å². The third-order valence-electron chi connectivity index (χ3n) is 5.45. The van der Waals surface area contributed by atoms with E-state index in [0.29, 0.717) is 0 Å². The van der Waals surface area contributed by atoms with Crippen molar-refractivity contribution in [3.05, 3.63) is 47.8 Å². The number of amides is 1. The Hall–Kier alpha value is -2.30. The van der Waals surface area contributed by atoms with Crippen molar-refractivity contribution in [1.29, 1.82) is 0 Å². The molecule has 0 bridgehead atoms. The molecule has 1 saturated carbocycles. The van der Waals surface area contributed by atoms with Gasteiger partial charge in [0.1, 0.15) is 5.75 Å². The summed E-state index contributed by atoms with van der Waals surface area (Å²) in [7, 11) is 1.66. The van der Waals surface area contributed by atoms with Gasteiger partial charge in [-0.05, 0) is 55.9 Å². The molecular formula is C19H23N3O2. The molecule has 126 valence electrons. The van der Waals surface area contributed by atoms with Gasteiger partial charge < -0.3 is 9.64 Å². The van der Waals surface area contributed by atoms with Crippen molar-refractivity contribution >= 4 is 5.91 Å². The van der Waals surface area contributed by atoms with Crippen LogP contribution in [0.1, 0.15) is 49.4 Å². The fourth-order valence-corrected chi connectivity index (χ4v) is 3.89. The number of hydrogen-bond donors (Lipinski definition) is 1. The summed E-state index contributed by atoms with van der Waals surface area (Å²) in [6.45, 7) is 0.834. The SMILES string of the molecule is COc1ccc(C2(C(=O)N3CCCCC3c3ccn[nH]3)CC2)cc1. The third kappa shape index (κ3) is 2.48. The zero-order valence-corrected chi connectivity index (χ0v) is 14.0. The first kappa shape index (κ1) is 15.2. The van der Waals surface area contributed by atoms with E-state index in [-0.39, 0.29) is 17.4 Å². The van der Waals surface area contributed by atoms with Gasteiger partial charge in [0.15, 0.2) is 0 Å². The first-order chi connectivity index (χ1) is 11.7. The number of H-pyrrole nitrogens is 1. The molecule has 1 saturated heterocycles. The number of ether oxygens (including phenoxy) is 1. The van der Waals surface area contributed by atoms with Gasteiger partial charge in [-0.3, -0.25) is 9.89 Å². The number of piperidine rings is 1. The lowest BCUT2D eigenvalue weighted by atomic mass is 9.91. The number of carbonyl (C=O) groups excluding carboxylic acids is 1. The Morgan fingerprint density at radius 1 is 1.25 bits per heavy atom. The van der Waals surface area contributed by atoms with Gasteiger partial charge in [0.25, 0.3) is 0 Å². The molecule has 2 fully saturated rings. The highest BCUT2D eigenvalue weighted by Crippen LogP contribution is 2.51. The Balaban J connectivity index is 1.61. The summed E-state index contributed by atoms with van der Waals surface area (Å²) in [5.74, 6) is 1.10. The molecule has 2 aromatic rings. The minimum Gasteiger partial charge on any atom is -0.497 e. The van der Waals surface area contributed by atoms with Crippen LogP contribution in [-0.2, 0) is 10.2 Å². The summed E-state index contributed by atoms with van der Waals surface area (Å²) in [6.07, 6.45) is 6.88. The number of aromatic amines is 1. The fourth-order valence-electron chi connectivity index (χ4n) is 3.89. The van der Waals surface area contributed by atoms with E-state index in [9.17, 15) is 4.79 Å². The minimum absolute atomic E-state index is 0.129. The van der Waals surface area contributed by atoms with Crippen LogP contribution in [0.2, 0.25) is 0 Å². The maximum Gasteiger partial charge on any atom is 0.233 e. The Morgan fingerprint density at radius 3 is 2.67 bits per heavy atom. The minimum atomic E-state index is -0.331. The molecule has 1 N–H and O–H groups in total. The van der Waals surface area contributed by atoms with Crippen LogP contribution in [0, 0.1) is 0 Å². The predicted octanol–water partition coefficient (Wildman–Crippen LogP) is 3.20. The molecule has 1 aliphatic carbocycles. The predicted molar refractivity (Wildman–Crippen MR) is 90.8 cm³/mol. The summed E-state index contributed by atoms with van der Waals surface area (Å²) in [4.78, 5) is 15.5. The molecule has 1 atom stereocenters. The normalized spacial score (nSPS) is 22.2. The largest absolute Gasteiger partial charge is 0.497 e. The Morgan fingerprint density at radius 2 is 2.04 bits per heavy atom. The topological polar surface area (TPSA) is 58.2 Å². The third-order valence-corrected chi connectivity index (χ3v) is 5.45. The van der Waals surface area contributed by atoms with Gasteiger partial charge in [-0.25, -0.2) is 0 Å². The zero-order chi connectivity index (χ0) is 16.6. The molecule has 2 heterocycles. The molecule has 0 radical (unpaired) electrons. The van der Waals surface area contributed by atoms with Crippen LogP contribution in [0.3, 0.4) is 0 Å². The molecule has 1 unspecified atom stereocenters. The Kier molecular flexibility index (Phi) is 3.79. The van der Waals surface area contributed by atoms with Crippen LogP contribution < -0.4 is 4.74 Å². The number of carbonyl (C=O) groups is 1. The van der Waals surface area contributed by atoms with Crippen molar-refractivity contribution in [2.24, 2.45) is 0 Å². The van der Waals surface area contributed by atoms with Gasteiger partial charge in [0.2, 0.25) is 5.91 Å². The highest BCUT2D eigenvalue weighted by Gasteiger charge is 2.54. The molecule has 1 amide bonds. The first-order valence-electron chi connectivity index (χ1n) is 8.69. The van der Waals surface area contributed by atoms with Gasteiger partial charge in [0, 0.05) is 12.7 Å². The molecule has 0 spiro atoms. The maximum atomic E-state index is 13.4. The van der Waals surface area contributed by atoms with E-state index in [4.69, 9.17) is 4.74 Å². The standard InChI is InChI=1S/C19H23N3O2/c1-24-15-7-5-14(6-8-15)19(10-11-19)18(23)22-13-3-2-4-17(22)16-9-12-20-21-16/h5-9,12,17H,2-4,10-11,13H2,1H3,(H,20,21). The van der Waals surface area contributed by atoms with E-state index < -0.39 is 0 Å². The van der Waals surface area contributed by atoms with Crippen LogP contribution in [0.4, 0.5) is 0 Å². The van der Waals surface area contributed by atoms with E-state index in [1.165, 1.54) is 0 Å². The van der Waals surface area contributed by atoms with Crippen LogP contribution in [-0.4, -0.2) is 34.7 Å². The monoisotopic (exact) mass is 325 g/mol. The van der Waals surface area contributed by atoms with Crippen LogP contribution >= 0.6 is 0 Å². The van der Waals surface area contributed by atoms with Gasteiger partial charge in [0.05, 0.1) is 24.3 Å². The second kappa shape index (κ2) is 5.96. The lowest BCUT2D eigenvalue weighted by molar-refractivity contribution is -0.138. The number of nitrogens with zero attached hydrogens (tertiary/aromatic N) is 2. The molecule has 5 nitrogen and oxygen atoms in total. The van der Waals surface area contributed by atoms with Crippen molar-refractivity contribution in [3.8, 4) is 5.75 Å². The molecule has 5 heteroatoms. The second-order valence-electron chi connectivity index (χ2n) is 6.83. The molecular weight excluding hydrogens is 302 g/mol. The van der Waals surface area contributed by atoms with E-state index in [1.807, 2.05) is 30.3 Å². The maximum absolute atomic E-state index is 13.4. The second-order valence-corrected chi connectivity index (χ2v) is 6.83. The Bertz CT molecular complexity index is 705. The zero-order valence-electron chi connectivity index (χ0n) is 14.0. The summed E-state index contributed by atoms with van der Waals surface area (Å²) < 4.78 is 5.24. The number of likely N-dealkylation sites (tertiary alicyclic amines) is 1. The number of nitrogens with one attached hydrogen (secondary N) is 1. The van der Waals surface area contributed by atoms with Crippen molar-refractivity contribution in [3.63, 3.8) is 0 Å². The first-order valence-corrected chi connectivity index (χ1v) is 8.69. The summed E-state index contributed by atoms with van der Waals surface area (Å²) in [5.41, 5.74) is 1.83. The molecule has 24 heavy (non-hydrogen) atoms. The number of rotatable bonds is 4. The molecule has 1 aromatic carbocycles. The van der Waals surface area contributed by atoms with Crippen molar-refractivity contribution < 1.29 is 9.53 Å². The van der Waals surface area contributed by atoms with Crippen LogP contribution in [0.25, 0.3) is 0 Å². The lowest BCUT2D eigenvalue weighted by Crippen LogP contribution is -2.44. The highest BCUT2D eigenvalue weighted by molar-refractivity contribution is 5.91. The van der Waals surface area contributed by atoms with Gasteiger partial charge in [-0.1, -0.05) is 12.1 Å².